The number of hydrogen-bond donors (Lipinski definition) is 1. The normalized spacial score (nSPS) is 12.3. The number of oxazole rings is 1. The van der Waals surface area contributed by atoms with Crippen molar-refractivity contribution >= 4 is 34.6 Å². The van der Waals surface area contributed by atoms with Crippen molar-refractivity contribution < 1.29 is 9.21 Å². The molecule has 1 atom stereocenters. The fourth-order valence-electron chi connectivity index (χ4n) is 2.65. The molecule has 130 valence electrons. The third-order valence-electron chi connectivity index (χ3n) is 4.04. The number of carbonyl (C=O) groups is 1. The van der Waals surface area contributed by atoms with Crippen LogP contribution in [0.1, 0.15) is 31.4 Å². The Hall–Kier alpha value is -2.34. The van der Waals surface area contributed by atoms with Gasteiger partial charge in [0.05, 0.1) is 5.25 Å². The number of aryl methyl sites for hydroxylation is 2. The fraction of sp³-hybridized carbons (Fsp3) is 0.316. The Morgan fingerprint density at radius 1 is 1.28 bits per heavy atom. The lowest BCUT2D eigenvalue weighted by atomic mass is 10.1. The Labute approximate surface area is 151 Å². The second-order valence-electron chi connectivity index (χ2n) is 5.77. The van der Waals surface area contributed by atoms with Gasteiger partial charge >= 0.3 is 0 Å². The minimum absolute atomic E-state index is 0.0354. The van der Waals surface area contributed by atoms with Crippen LogP contribution in [0.4, 0.5) is 5.69 Å². The summed E-state index contributed by atoms with van der Waals surface area (Å²) < 4.78 is 5.68. The summed E-state index contributed by atoms with van der Waals surface area (Å²) in [5.74, 6) is -0.0354. The van der Waals surface area contributed by atoms with Crippen molar-refractivity contribution in [1.82, 2.24) is 9.97 Å². The number of amides is 1. The van der Waals surface area contributed by atoms with Crippen molar-refractivity contribution in [3.8, 4) is 0 Å². The lowest BCUT2D eigenvalue weighted by Gasteiger charge is -2.16. The van der Waals surface area contributed by atoms with Crippen LogP contribution in [0.15, 0.2) is 46.2 Å². The van der Waals surface area contributed by atoms with Crippen LogP contribution in [-0.4, -0.2) is 21.1 Å². The van der Waals surface area contributed by atoms with Crippen LogP contribution in [0.5, 0.6) is 0 Å². The standard InChI is InChI=1S/C19H21N3O2S/c1-4-13-9-6-8-12(3)16(13)21-18(23)15(5-2)25-19-22-17-14(24-19)10-7-11-20-17/h6-11,15H,4-5H2,1-3H3,(H,21,23). The molecule has 2 aromatic heterocycles. The monoisotopic (exact) mass is 355 g/mol. The molecule has 1 aromatic carbocycles. The molecule has 0 aliphatic rings. The van der Waals surface area contributed by atoms with Gasteiger partial charge in [0, 0.05) is 11.9 Å². The Morgan fingerprint density at radius 2 is 2.12 bits per heavy atom. The van der Waals surface area contributed by atoms with E-state index in [1.807, 2.05) is 38.1 Å². The summed E-state index contributed by atoms with van der Waals surface area (Å²) in [6.07, 6.45) is 3.22. The second-order valence-corrected chi connectivity index (χ2v) is 6.93. The predicted octanol–water partition coefficient (Wildman–Crippen LogP) is 4.60. The molecule has 0 aliphatic heterocycles. The maximum atomic E-state index is 12.8. The quantitative estimate of drug-likeness (QED) is 0.654. The summed E-state index contributed by atoms with van der Waals surface area (Å²) in [5, 5.41) is 3.28. The number of thioether (sulfide) groups is 1. The molecule has 0 radical (unpaired) electrons. The average molecular weight is 355 g/mol. The lowest BCUT2D eigenvalue weighted by Crippen LogP contribution is -2.25. The van der Waals surface area contributed by atoms with Crippen LogP contribution < -0.4 is 5.32 Å². The first-order valence-electron chi connectivity index (χ1n) is 8.40. The summed E-state index contributed by atoms with van der Waals surface area (Å²) in [6, 6.07) is 9.69. The molecule has 2 heterocycles. The van der Waals surface area contributed by atoms with Crippen molar-refractivity contribution in [3.63, 3.8) is 0 Å². The van der Waals surface area contributed by atoms with Gasteiger partial charge in [0.25, 0.3) is 5.22 Å². The number of rotatable bonds is 6. The SMILES string of the molecule is CCc1cccc(C)c1NC(=O)C(CC)Sc1nc2ncccc2o1. The molecular formula is C19H21N3O2S. The number of pyridine rings is 1. The summed E-state index contributed by atoms with van der Waals surface area (Å²) in [6.45, 7) is 6.08. The summed E-state index contributed by atoms with van der Waals surface area (Å²) in [4.78, 5) is 21.3. The lowest BCUT2D eigenvalue weighted by molar-refractivity contribution is -0.115. The number of aromatic nitrogens is 2. The zero-order chi connectivity index (χ0) is 17.8. The number of nitrogens with one attached hydrogen (secondary N) is 1. The summed E-state index contributed by atoms with van der Waals surface area (Å²) in [5.41, 5.74) is 4.31. The van der Waals surface area contributed by atoms with E-state index in [-0.39, 0.29) is 11.2 Å². The van der Waals surface area contributed by atoms with Gasteiger partial charge in [0.1, 0.15) is 0 Å². The van der Waals surface area contributed by atoms with E-state index in [0.717, 1.165) is 23.2 Å². The number of para-hydroxylation sites is 1. The van der Waals surface area contributed by atoms with Crippen LogP contribution in [0.2, 0.25) is 0 Å². The van der Waals surface area contributed by atoms with Gasteiger partial charge in [-0.2, -0.15) is 4.98 Å². The molecule has 6 heteroatoms. The zero-order valence-corrected chi connectivity index (χ0v) is 15.4. The molecular weight excluding hydrogens is 334 g/mol. The van der Waals surface area contributed by atoms with Crippen molar-refractivity contribution in [3.05, 3.63) is 47.7 Å². The third-order valence-corrected chi connectivity index (χ3v) is 5.25. The average Bonchev–Trinajstić information content (AvgIpc) is 3.03. The highest BCUT2D eigenvalue weighted by molar-refractivity contribution is 8.00. The second kappa shape index (κ2) is 7.70. The molecule has 0 aliphatic carbocycles. The van der Waals surface area contributed by atoms with E-state index in [1.165, 1.54) is 11.8 Å². The first kappa shape index (κ1) is 17.5. The van der Waals surface area contributed by atoms with Gasteiger partial charge in [0.2, 0.25) is 5.91 Å². The molecule has 0 saturated carbocycles. The van der Waals surface area contributed by atoms with E-state index in [1.54, 1.807) is 12.3 Å². The van der Waals surface area contributed by atoms with E-state index >= 15 is 0 Å². The molecule has 1 unspecified atom stereocenters. The Kier molecular flexibility index (Phi) is 5.38. The van der Waals surface area contributed by atoms with Gasteiger partial charge < -0.3 is 9.73 Å². The van der Waals surface area contributed by atoms with Gasteiger partial charge in [-0.25, -0.2) is 4.98 Å². The van der Waals surface area contributed by atoms with Gasteiger partial charge in [0.15, 0.2) is 11.2 Å². The molecule has 0 fully saturated rings. The van der Waals surface area contributed by atoms with Gasteiger partial charge in [-0.3, -0.25) is 4.79 Å². The smallest absolute Gasteiger partial charge is 0.259 e. The Balaban J connectivity index is 1.77. The molecule has 5 nitrogen and oxygen atoms in total. The van der Waals surface area contributed by atoms with Gasteiger partial charge in [-0.15, -0.1) is 0 Å². The number of nitrogens with zero attached hydrogens (tertiary/aromatic N) is 2. The minimum atomic E-state index is -0.280. The third kappa shape index (κ3) is 3.85. The number of anilines is 1. The first-order valence-corrected chi connectivity index (χ1v) is 9.27. The first-order chi connectivity index (χ1) is 12.1. The zero-order valence-electron chi connectivity index (χ0n) is 14.6. The molecule has 0 spiro atoms. The number of carbonyl (C=O) groups excluding carboxylic acids is 1. The minimum Gasteiger partial charge on any atom is -0.430 e. The topological polar surface area (TPSA) is 68.0 Å². The van der Waals surface area contributed by atoms with Crippen LogP contribution in [-0.2, 0) is 11.2 Å². The Bertz CT molecular complexity index is 858. The van der Waals surface area contributed by atoms with E-state index in [4.69, 9.17) is 4.42 Å². The predicted molar refractivity (Wildman–Crippen MR) is 101 cm³/mol. The molecule has 1 amide bonds. The van der Waals surface area contributed by atoms with Gasteiger partial charge in [-0.1, -0.05) is 43.8 Å². The largest absolute Gasteiger partial charge is 0.430 e. The van der Waals surface area contributed by atoms with Crippen molar-refractivity contribution in [1.29, 1.82) is 0 Å². The highest BCUT2D eigenvalue weighted by Gasteiger charge is 2.22. The van der Waals surface area contributed by atoms with Gasteiger partial charge in [-0.05, 0) is 43.0 Å². The van der Waals surface area contributed by atoms with Crippen LogP contribution in [0.25, 0.3) is 11.2 Å². The van der Waals surface area contributed by atoms with Crippen LogP contribution >= 0.6 is 11.8 Å². The fourth-order valence-corrected chi connectivity index (χ4v) is 3.50. The Morgan fingerprint density at radius 3 is 2.84 bits per heavy atom. The number of fused-ring (bicyclic) bond motifs is 1. The van der Waals surface area contributed by atoms with Crippen LogP contribution in [0.3, 0.4) is 0 Å². The van der Waals surface area contributed by atoms with E-state index in [0.29, 0.717) is 22.9 Å². The maximum absolute atomic E-state index is 12.8. The number of benzene rings is 1. The van der Waals surface area contributed by atoms with Crippen molar-refractivity contribution in [2.45, 2.75) is 44.1 Å². The van der Waals surface area contributed by atoms with Crippen molar-refractivity contribution in [2.24, 2.45) is 0 Å². The molecule has 3 rings (SSSR count). The molecule has 1 N–H and O–H groups in total. The highest BCUT2D eigenvalue weighted by Crippen LogP contribution is 2.29. The number of hydrogen-bond acceptors (Lipinski definition) is 5. The summed E-state index contributed by atoms with van der Waals surface area (Å²) >= 11 is 1.33. The van der Waals surface area contributed by atoms with E-state index in [9.17, 15) is 4.79 Å². The molecule has 0 saturated heterocycles. The molecule has 25 heavy (non-hydrogen) atoms. The molecule has 0 bridgehead atoms. The van der Waals surface area contributed by atoms with E-state index < -0.39 is 0 Å². The summed E-state index contributed by atoms with van der Waals surface area (Å²) in [7, 11) is 0. The van der Waals surface area contributed by atoms with Crippen molar-refractivity contribution in [2.75, 3.05) is 5.32 Å². The molecule has 3 aromatic rings. The highest BCUT2D eigenvalue weighted by atomic mass is 32.2. The maximum Gasteiger partial charge on any atom is 0.259 e. The van der Waals surface area contributed by atoms with Crippen LogP contribution in [0, 0.1) is 6.92 Å². The van der Waals surface area contributed by atoms with E-state index in [2.05, 4.69) is 22.2 Å².